The predicted molar refractivity (Wildman–Crippen MR) is 266 cm³/mol. The molecule has 0 aromatic rings. The van der Waals surface area contributed by atoms with E-state index in [2.05, 4.69) is 13.8 Å². The molecule has 2 heteroatoms. The summed E-state index contributed by atoms with van der Waals surface area (Å²) in [7, 11) is 3.44. The van der Waals surface area contributed by atoms with Gasteiger partial charge in [-0.3, -0.25) is 0 Å². The molecule has 56 heavy (non-hydrogen) atoms. The van der Waals surface area contributed by atoms with Crippen molar-refractivity contribution in [1.29, 1.82) is 0 Å². The number of hydrogen-bond donors (Lipinski definition) is 0. The second-order valence-electron chi connectivity index (χ2n) is 18.7. The topological polar surface area (TPSA) is 0 Å². The fourth-order valence-electron chi connectivity index (χ4n) is 8.78. The van der Waals surface area contributed by atoms with Crippen LogP contribution in [-0.4, -0.2) is 12.3 Å². The van der Waals surface area contributed by atoms with Crippen LogP contribution in [0.5, 0.6) is 0 Å². The molecule has 336 valence electrons. The molecule has 0 spiro atoms. The minimum Gasteiger partial charge on any atom is -0.0654 e. The Bertz CT molecular complexity index is 580. The molecule has 0 aromatic heterocycles. The molecular formula is C54H110P2. The maximum Gasteiger partial charge on any atom is -0.0242 e. The number of hydrogen-bond acceptors (Lipinski definition) is 0. The van der Waals surface area contributed by atoms with Crippen LogP contribution in [0, 0.1) is 0 Å². The minimum absolute atomic E-state index is 1.37. The van der Waals surface area contributed by atoms with Gasteiger partial charge in [0.2, 0.25) is 0 Å². The fourth-order valence-corrected chi connectivity index (χ4v) is 11.5. The third kappa shape index (κ3) is 54.9. The van der Waals surface area contributed by atoms with Gasteiger partial charge in [-0.1, -0.05) is 322 Å². The Morgan fingerprint density at radius 1 is 0.143 bits per heavy atom. The molecule has 0 bridgehead atoms. The van der Waals surface area contributed by atoms with Gasteiger partial charge in [0.05, 0.1) is 0 Å². The lowest BCUT2D eigenvalue weighted by Crippen LogP contribution is -1.85. The van der Waals surface area contributed by atoms with Crippen molar-refractivity contribution in [3.63, 3.8) is 0 Å². The zero-order valence-corrected chi connectivity index (χ0v) is 41.5. The van der Waals surface area contributed by atoms with E-state index < -0.39 is 0 Å². The minimum atomic E-state index is 1.37. The van der Waals surface area contributed by atoms with Crippen LogP contribution in [0.4, 0.5) is 0 Å². The molecule has 0 nitrogen and oxygen atoms in total. The maximum absolute atomic E-state index is 2.31. The summed E-state index contributed by atoms with van der Waals surface area (Å²) in [5.41, 5.74) is 0. The van der Waals surface area contributed by atoms with Gasteiger partial charge in [-0.25, -0.2) is 0 Å². The molecule has 0 atom stereocenters. The van der Waals surface area contributed by atoms with E-state index in [1.54, 1.807) is 16.5 Å². The van der Waals surface area contributed by atoms with Gasteiger partial charge in [-0.15, -0.1) is 0 Å². The highest BCUT2D eigenvalue weighted by Gasteiger charge is 1.99. The summed E-state index contributed by atoms with van der Waals surface area (Å²) >= 11 is 0. The predicted octanol–water partition coefficient (Wildman–Crippen LogP) is 22.3. The summed E-state index contributed by atoms with van der Waals surface area (Å²) in [4.78, 5) is 0. The first kappa shape index (κ1) is 56.9. The van der Waals surface area contributed by atoms with Crippen LogP contribution in [0.1, 0.15) is 335 Å². The van der Waals surface area contributed by atoms with Crippen LogP contribution in [0.25, 0.3) is 0 Å². The SMILES string of the molecule is CCCCCCCCCCCCCCCCCCCCCCCCCCC[P][P]CCCCCCCCCCCCCCCCCCCCCCCCCCC. The quantitative estimate of drug-likeness (QED) is 0.0424. The van der Waals surface area contributed by atoms with Crippen molar-refractivity contribution in [2.24, 2.45) is 0 Å². The van der Waals surface area contributed by atoms with E-state index in [1.165, 1.54) is 333 Å². The molecule has 0 aliphatic rings. The second kappa shape index (κ2) is 55.9. The van der Waals surface area contributed by atoms with E-state index in [1.807, 2.05) is 0 Å². The van der Waals surface area contributed by atoms with Crippen LogP contribution in [-0.2, 0) is 0 Å². The lowest BCUT2D eigenvalue weighted by Gasteiger charge is -2.05. The third-order valence-electron chi connectivity index (χ3n) is 12.8. The van der Waals surface area contributed by atoms with Crippen molar-refractivity contribution in [2.45, 2.75) is 335 Å². The Balaban J connectivity index is 3.05. The Kier molecular flexibility index (Phi) is 56.7. The van der Waals surface area contributed by atoms with E-state index in [9.17, 15) is 0 Å². The summed E-state index contributed by atoms with van der Waals surface area (Å²) in [6.45, 7) is 4.63. The summed E-state index contributed by atoms with van der Waals surface area (Å²) < 4.78 is 0. The van der Waals surface area contributed by atoms with E-state index in [0.29, 0.717) is 0 Å². The van der Waals surface area contributed by atoms with Crippen molar-refractivity contribution in [3.05, 3.63) is 0 Å². The third-order valence-corrected chi connectivity index (χ3v) is 15.9. The smallest absolute Gasteiger partial charge is 0.0242 e. The molecule has 0 aromatic carbocycles. The number of unbranched alkanes of at least 4 members (excludes halogenated alkanes) is 48. The van der Waals surface area contributed by atoms with Gasteiger partial charge in [0, 0.05) is 0 Å². The van der Waals surface area contributed by atoms with E-state index in [-0.39, 0.29) is 0 Å². The monoisotopic (exact) mass is 821 g/mol. The maximum atomic E-state index is 2.31. The normalized spacial score (nSPS) is 12.1. The summed E-state index contributed by atoms with van der Waals surface area (Å²) in [5.74, 6) is 0. The van der Waals surface area contributed by atoms with Gasteiger partial charge in [0.25, 0.3) is 0 Å². The van der Waals surface area contributed by atoms with E-state index in [0.717, 1.165) is 0 Å². The van der Waals surface area contributed by atoms with Gasteiger partial charge in [0.15, 0.2) is 0 Å². The Hall–Kier alpha value is 0.860. The summed E-state index contributed by atoms with van der Waals surface area (Å²) in [5, 5.41) is 0. The lowest BCUT2D eigenvalue weighted by molar-refractivity contribution is 0.517. The summed E-state index contributed by atoms with van der Waals surface area (Å²) in [6, 6.07) is 0. The highest BCUT2D eigenvalue weighted by atomic mass is 32.0. The van der Waals surface area contributed by atoms with Crippen LogP contribution >= 0.6 is 16.5 Å². The van der Waals surface area contributed by atoms with Crippen molar-refractivity contribution < 1.29 is 0 Å². The van der Waals surface area contributed by atoms with Gasteiger partial charge < -0.3 is 0 Å². The van der Waals surface area contributed by atoms with Crippen molar-refractivity contribution in [1.82, 2.24) is 0 Å². The average Bonchev–Trinajstić information content (AvgIpc) is 3.21. The molecule has 0 saturated carbocycles. The number of rotatable bonds is 53. The molecule has 0 amide bonds. The molecule has 0 saturated heterocycles. The van der Waals surface area contributed by atoms with Crippen molar-refractivity contribution in [2.75, 3.05) is 12.3 Å². The van der Waals surface area contributed by atoms with Gasteiger partial charge >= 0.3 is 0 Å². The van der Waals surface area contributed by atoms with Gasteiger partial charge in [-0.2, -0.15) is 0 Å². The largest absolute Gasteiger partial charge is 0.0654 e. The molecule has 0 heterocycles. The van der Waals surface area contributed by atoms with Crippen LogP contribution in [0.3, 0.4) is 0 Å². The van der Waals surface area contributed by atoms with Gasteiger partial charge in [-0.05, 0) is 41.7 Å². The second-order valence-corrected chi connectivity index (χ2v) is 21.9. The molecule has 0 unspecified atom stereocenters. The lowest BCUT2D eigenvalue weighted by atomic mass is 10.0. The summed E-state index contributed by atoms with van der Waals surface area (Å²) in [6.07, 6.45) is 77.2. The van der Waals surface area contributed by atoms with Crippen LogP contribution in [0.2, 0.25) is 0 Å². The first-order chi connectivity index (χ1) is 27.9. The van der Waals surface area contributed by atoms with Crippen molar-refractivity contribution >= 4 is 16.5 Å². The Labute approximate surface area is 362 Å². The van der Waals surface area contributed by atoms with E-state index >= 15 is 0 Å². The molecule has 0 aliphatic carbocycles. The molecule has 0 rings (SSSR count). The molecule has 0 fully saturated rings. The zero-order valence-electron chi connectivity index (χ0n) is 39.7. The van der Waals surface area contributed by atoms with Crippen LogP contribution in [0.15, 0.2) is 0 Å². The molecule has 0 aliphatic heterocycles. The average molecular weight is 821 g/mol. The molecule has 2 radical (unpaired) electrons. The van der Waals surface area contributed by atoms with E-state index in [4.69, 9.17) is 0 Å². The Morgan fingerprint density at radius 2 is 0.250 bits per heavy atom. The molecular weight excluding hydrogens is 711 g/mol. The van der Waals surface area contributed by atoms with Crippen LogP contribution < -0.4 is 0 Å². The first-order valence-electron chi connectivity index (χ1n) is 27.2. The highest BCUT2D eigenvalue weighted by Crippen LogP contribution is 2.38. The van der Waals surface area contributed by atoms with Crippen molar-refractivity contribution in [3.8, 4) is 0 Å². The standard InChI is InChI=1S/C54H110P2/c1-3-5-7-9-11-13-15-17-19-21-23-25-27-29-31-33-35-37-39-41-43-45-47-49-51-53-55-56-54-52-50-48-46-44-42-40-38-36-34-32-30-28-26-24-22-20-18-16-14-12-10-8-6-4-2/h3-54H2,1-2H3. The first-order valence-corrected chi connectivity index (χ1v) is 30.1. The highest BCUT2D eigenvalue weighted by molar-refractivity contribution is 8.11. The fraction of sp³-hybridized carbons (Fsp3) is 1.00. The Morgan fingerprint density at radius 3 is 0.375 bits per heavy atom. The van der Waals surface area contributed by atoms with Gasteiger partial charge in [0.1, 0.15) is 0 Å². The molecule has 0 N–H and O–H groups in total. The zero-order chi connectivity index (χ0) is 40.2.